The van der Waals surface area contributed by atoms with E-state index in [1.54, 1.807) is 0 Å². The van der Waals surface area contributed by atoms with E-state index in [9.17, 15) is 14.0 Å². The van der Waals surface area contributed by atoms with E-state index >= 15 is 0 Å². The van der Waals surface area contributed by atoms with Crippen LogP contribution in [0.5, 0.6) is 0 Å². The zero-order chi connectivity index (χ0) is 15.6. The Hall–Kier alpha value is -2.41. The Balaban J connectivity index is 2.48. The van der Waals surface area contributed by atoms with Gasteiger partial charge in [0.05, 0.1) is 17.1 Å². The summed E-state index contributed by atoms with van der Waals surface area (Å²) in [6.07, 6.45) is 0. The third-order valence-electron chi connectivity index (χ3n) is 2.71. The van der Waals surface area contributed by atoms with Gasteiger partial charge < -0.3 is 15.6 Å². The molecule has 0 saturated carbocycles. The standard InChI is InChI=1S/C13H11ClFN3O3/c1-6-10(13(20)17-5-9(16)19)12(18-21-6)11-7(14)3-2-4-8(11)15/h2-4H,5H2,1H3,(H2,16,19)(H,17,20). The normalized spacial score (nSPS) is 10.4. The largest absolute Gasteiger partial charge is 0.368 e. The maximum absolute atomic E-state index is 13.9. The van der Waals surface area contributed by atoms with Gasteiger partial charge in [-0.2, -0.15) is 0 Å². The van der Waals surface area contributed by atoms with Gasteiger partial charge in [0.25, 0.3) is 5.91 Å². The topological polar surface area (TPSA) is 98.2 Å². The molecule has 1 aromatic heterocycles. The predicted molar refractivity (Wildman–Crippen MR) is 73.2 cm³/mol. The lowest BCUT2D eigenvalue weighted by atomic mass is 10.0. The van der Waals surface area contributed by atoms with E-state index in [0.717, 1.165) is 0 Å². The maximum Gasteiger partial charge on any atom is 0.257 e. The molecule has 21 heavy (non-hydrogen) atoms. The van der Waals surface area contributed by atoms with Crippen LogP contribution < -0.4 is 11.1 Å². The minimum absolute atomic E-state index is 0.00301. The minimum Gasteiger partial charge on any atom is -0.368 e. The molecule has 0 unspecified atom stereocenters. The number of rotatable bonds is 4. The minimum atomic E-state index is -0.706. The first-order valence-corrected chi connectivity index (χ1v) is 6.26. The van der Waals surface area contributed by atoms with Crippen molar-refractivity contribution < 1.29 is 18.5 Å². The molecule has 2 rings (SSSR count). The third kappa shape index (κ3) is 3.03. The summed E-state index contributed by atoms with van der Waals surface area (Å²) in [5.41, 5.74) is 4.89. The highest BCUT2D eigenvalue weighted by molar-refractivity contribution is 6.33. The number of halogens is 2. The molecular formula is C13H11ClFN3O3. The lowest BCUT2D eigenvalue weighted by Gasteiger charge is -2.06. The van der Waals surface area contributed by atoms with E-state index < -0.39 is 17.6 Å². The number of aromatic nitrogens is 1. The average Bonchev–Trinajstić information content (AvgIpc) is 2.78. The zero-order valence-corrected chi connectivity index (χ0v) is 11.7. The van der Waals surface area contributed by atoms with E-state index in [1.807, 2.05) is 0 Å². The molecule has 8 heteroatoms. The van der Waals surface area contributed by atoms with Gasteiger partial charge in [-0.1, -0.05) is 22.8 Å². The highest BCUT2D eigenvalue weighted by Crippen LogP contribution is 2.33. The second-order valence-corrected chi connectivity index (χ2v) is 4.62. The van der Waals surface area contributed by atoms with Crippen LogP contribution in [0.25, 0.3) is 11.3 Å². The van der Waals surface area contributed by atoms with Crippen molar-refractivity contribution in [3.8, 4) is 11.3 Å². The van der Waals surface area contributed by atoms with Gasteiger partial charge in [0, 0.05) is 0 Å². The molecule has 1 heterocycles. The van der Waals surface area contributed by atoms with Gasteiger partial charge in [0.15, 0.2) is 0 Å². The number of hydrogen-bond donors (Lipinski definition) is 2. The summed E-state index contributed by atoms with van der Waals surface area (Å²) in [7, 11) is 0. The summed E-state index contributed by atoms with van der Waals surface area (Å²) < 4.78 is 18.9. The molecule has 6 nitrogen and oxygen atoms in total. The van der Waals surface area contributed by atoms with Gasteiger partial charge in [-0.3, -0.25) is 9.59 Å². The maximum atomic E-state index is 13.9. The summed E-state index contributed by atoms with van der Waals surface area (Å²) >= 11 is 5.95. The number of nitrogens with zero attached hydrogens (tertiary/aromatic N) is 1. The number of aryl methyl sites for hydroxylation is 1. The van der Waals surface area contributed by atoms with Crippen molar-refractivity contribution >= 4 is 23.4 Å². The van der Waals surface area contributed by atoms with Gasteiger partial charge in [-0.05, 0) is 19.1 Å². The van der Waals surface area contributed by atoms with Gasteiger partial charge in [0.1, 0.15) is 22.8 Å². The van der Waals surface area contributed by atoms with Gasteiger partial charge in [0.2, 0.25) is 5.91 Å². The van der Waals surface area contributed by atoms with Crippen molar-refractivity contribution in [1.29, 1.82) is 0 Å². The summed E-state index contributed by atoms with van der Waals surface area (Å²) in [5, 5.41) is 6.06. The van der Waals surface area contributed by atoms with Crippen LogP contribution in [0.4, 0.5) is 4.39 Å². The van der Waals surface area contributed by atoms with E-state index in [-0.39, 0.29) is 34.1 Å². The quantitative estimate of drug-likeness (QED) is 0.897. The second kappa shape index (κ2) is 5.92. The Kier molecular flexibility index (Phi) is 4.23. The molecule has 0 aliphatic heterocycles. The summed E-state index contributed by atoms with van der Waals surface area (Å²) in [6.45, 7) is 1.14. The highest BCUT2D eigenvalue weighted by Gasteiger charge is 2.25. The number of primary amides is 1. The van der Waals surface area contributed by atoms with E-state index in [2.05, 4.69) is 10.5 Å². The van der Waals surface area contributed by atoms with Crippen molar-refractivity contribution in [3.63, 3.8) is 0 Å². The van der Waals surface area contributed by atoms with Crippen LogP contribution in [-0.2, 0) is 4.79 Å². The van der Waals surface area contributed by atoms with Crippen LogP contribution >= 0.6 is 11.6 Å². The van der Waals surface area contributed by atoms with E-state index in [0.29, 0.717) is 0 Å². The van der Waals surface area contributed by atoms with Crippen LogP contribution in [0.15, 0.2) is 22.7 Å². The van der Waals surface area contributed by atoms with E-state index in [4.69, 9.17) is 21.9 Å². The monoisotopic (exact) mass is 311 g/mol. The first kappa shape index (κ1) is 15.0. The number of carbonyl (C=O) groups excluding carboxylic acids is 2. The van der Waals surface area contributed by atoms with Gasteiger partial charge in [-0.15, -0.1) is 0 Å². The Morgan fingerprint density at radius 1 is 1.48 bits per heavy atom. The molecule has 0 aliphatic rings. The fourth-order valence-corrected chi connectivity index (χ4v) is 2.04. The molecule has 0 bridgehead atoms. The Morgan fingerprint density at radius 2 is 2.19 bits per heavy atom. The fraction of sp³-hybridized carbons (Fsp3) is 0.154. The number of amides is 2. The second-order valence-electron chi connectivity index (χ2n) is 4.21. The van der Waals surface area contributed by atoms with Crippen LogP contribution in [0.1, 0.15) is 16.1 Å². The van der Waals surface area contributed by atoms with Crippen molar-refractivity contribution in [3.05, 3.63) is 40.4 Å². The summed E-state index contributed by atoms with van der Waals surface area (Å²) in [6, 6.07) is 4.09. The van der Waals surface area contributed by atoms with Crippen LogP contribution in [0.2, 0.25) is 5.02 Å². The number of nitrogens with one attached hydrogen (secondary N) is 1. The van der Waals surface area contributed by atoms with Crippen molar-refractivity contribution in [2.75, 3.05) is 6.54 Å². The highest BCUT2D eigenvalue weighted by atomic mass is 35.5. The number of nitrogens with two attached hydrogens (primary N) is 1. The zero-order valence-electron chi connectivity index (χ0n) is 10.9. The molecule has 110 valence electrons. The molecule has 1 aromatic carbocycles. The van der Waals surface area contributed by atoms with Crippen molar-refractivity contribution in [2.45, 2.75) is 6.92 Å². The lowest BCUT2D eigenvalue weighted by Crippen LogP contribution is -2.33. The molecule has 0 saturated heterocycles. The van der Waals surface area contributed by atoms with Gasteiger partial charge in [-0.25, -0.2) is 4.39 Å². The molecule has 0 atom stereocenters. The molecule has 0 radical (unpaired) electrons. The fourth-order valence-electron chi connectivity index (χ4n) is 1.79. The molecule has 0 aliphatic carbocycles. The number of carbonyl (C=O) groups is 2. The number of benzene rings is 1. The predicted octanol–water partition coefficient (Wildman–Crippen LogP) is 1.66. The van der Waals surface area contributed by atoms with Crippen LogP contribution in [0.3, 0.4) is 0 Å². The Bertz CT molecular complexity index is 694. The van der Waals surface area contributed by atoms with E-state index in [1.165, 1.54) is 25.1 Å². The molecule has 0 spiro atoms. The molecule has 3 N–H and O–H groups in total. The average molecular weight is 312 g/mol. The number of hydrogen-bond acceptors (Lipinski definition) is 4. The lowest BCUT2D eigenvalue weighted by molar-refractivity contribution is -0.117. The summed E-state index contributed by atoms with van der Waals surface area (Å²) in [4.78, 5) is 22.8. The Morgan fingerprint density at radius 3 is 2.81 bits per heavy atom. The van der Waals surface area contributed by atoms with Crippen LogP contribution in [0, 0.1) is 12.7 Å². The third-order valence-corrected chi connectivity index (χ3v) is 3.03. The van der Waals surface area contributed by atoms with Crippen molar-refractivity contribution in [2.24, 2.45) is 5.73 Å². The smallest absolute Gasteiger partial charge is 0.257 e. The molecule has 2 amide bonds. The molecule has 0 fully saturated rings. The summed E-state index contributed by atoms with van der Waals surface area (Å²) in [5.74, 6) is -1.82. The Labute approximate surface area is 124 Å². The molecule has 2 aromatic rings. The first-order valence-electron chi connectivity index (χ1n) is 5.89. The molecular weight excluding hydrogens is 301 g/mol. The first-order chi connectivity index (χ1) is 9.91. The van der Waals surface area contributed by atoms with Crippen LogP contribution in [-0.4, -0.2) is 23.5 Å². The van der Waals surface area contributed by atoms with Crippen molar-refractivity contribution in [1.82, 2.24) is 10.5 Å². The SMILES string of the molecule is Cc1onc(-c2c(F)cccc2Cl)c1C(=O)NCC(N)=O. The van der Waals surface area contributed by atoms with Gasteiger partial charge >= 0.3 is 0 Å².